The van der Waals surface area contributed by atoms with Crippen molar-refractivity contribution in [3.63, 3.8) is 0 Å². The van der Waals surface area contributed by atoms with Crippen LogP contribution in [0.15, 0.2) is 29.3 Å². The second-order valence-corrected chi connectivity index (χ2v) is 11.5. The number of amides is 1. The van der Waals surface area contributed by atoms with E-state index in [9.17, 15) is 9.59 Å². The lowest BCUT2D eigenvalue weighted by Crippen LogP contribution is -2.46. The fourth-order valence-electron chi connectivity index (χ4n) is 5.89. The van der Waals surface area contributed by atoms with Gasteiger partial charge in [0.05, 0.1) is 28.0 Å². The van der Waals surface area contributed by atoms with Crippen molar-refractivity contribution in [3.8, 4) is 11.1 Å². The lowest BCUT2D eigenvalue weighted by atomic mass is 10.0. The molecule has 37 heavy (non-hydrogen) atoms. The molecule has 2 aliphatic rings. The first kappa shape index (κ1) is 23.8. The van der Waals surface area contributed by atoms with Crippen LogP contribution in [-0.2, 0) is 18.8 Å². The number of H-pyrrole nitrogens is 1. The first-order valence-corrected chi connectivity index (χ1v) is 12.9. The van der Waals surface area contributed by atoms with Crippen molar-refractivity contribution in [1.82, 2.24) is 29.6 Å². The normalized spacial score (nSPS) is 21.4. The molecule has 6 rings (SSSR count). The Hall–Kier alpha value is -3.53. The van der Waals surface area contributed by atoms with Gasteiger partial charge in [-0.25, -0.2) is 4.79 Å². The van der Waals surface area contributed by atoms with E-state index in [2.05, 4.69) is 20.3 Å². The van der Waals surface area contributed by atoms with Crippen molar-refractivity contribution < 1.29 is 9.53 Å². The third-order valence-corrected chi connectivity index (χ3v) is 7.85. The minimum atomic E-state index is -0.562. The number of alkyl carbamates (subject to hydrolysis) is 1. The maximum absolute atomic E-state index is 13.7. The Kier molecular flexibility index (Phi) is 5.31. The predicted octanol–water partition coefficient (Wildman–Crippen LogP) is 3.96. The topological polar surface area (TPSA) is 110 Å². The molecule has 1 aliphatic heterocycles. The molecular formula is C26H30ClN7O3. The summed E-state index contributed by atoms with van der Waals surface area (Å²) in [5.41, 5.74) is 2.05. The van der Waals surface area contributed by atoms with Gasteiger partial charge in [0.15, 0.2) is 0 Å². The van der Waals surface area contributed by atoms with Crippen LogP contribution in [0.3, 0.4) is 0 Å². The number of hydrogen-bond donors (Lipinski definition) is 2. The maximum atomic E-state index is 13.7. The molecule has 11 heteroatoms. The third kappa shape index (κ3) is 3.85. The number of fused-ring (bicyclic) bond motifs is 4. The Balaban J connectivity index is 1.36. The number of rotatable bonds is 3. The van der Waals surface area contributed by atoms with Crippen LogP contribution in [0, 0.1) is 5.92 Å². The SMILES string of the molecule is Cn1cc2c(Cl)c(-c3c[nH]c4nc(N5C[C@@H]6CC[C@H]5[C@H]6NC(=O)OC(C)(C)C)n(C)c(=O)c34)ccc2n1. The summed E-state index contributed by atoms with van der Waals surface area (Å²) in [6.07, 6.45) is 5.17. The summed E-state index contributed by atoms with van der Waals surface area (Å²) in [6.45, 7) is 6.27. The average molecular weight is 524 g/mol. The predicted molar refractivity (Wildman–Crippen MR) is 143 cm³/mol. The zero-order chi connectivity index (χ0) is 26.2. The van der Waals surface area contributed by atoms with Gasteiger partial charge in [-0.2, -0.15) is 10.1 Å². The minimum absolute atomic E-state index is 0.0462. The smallest absolute Gasteiger partial charge is 0.407 e. The van der Waals surface area contributed by atoms with Crippen LogP contribution in [0.5, 0.6) is 0 Å². The van der Waals surface area contributed by atoms with Gasteiger partial charge in [-0.15, -0.1) is 0 Å². The quantitative estimate of drug-likeness (QED) is 0.420. The van der Waals surface area contributed by atoms with Gasteiger partial charge in [0.2, 0.25) is 5.95 Å². The second-order valence-electron chi connectivity index (χ2n) is 11.1. The fraction of sp³-hybridized carbons (Fsp3) is 0.462. The van der Waals surface area contributed by atoms with Crippen molar-refractivity contribution in [2.45, 2.75) is 51.3 Å². The molecule has 2 fully saturated rings. The molecule has 0 spiro atoms. The lowest BCUT2D eigenvalue weighted by molar-refractivity contribution is 0.0497. The van der Waals surface area contributed by atoms with Crippen molar-refractivity contribution in [2.24, 2.45) is 20.0 Å². The summed E-state index contributed by atoms with van der Waals surface area (Å²) < 4.78 is 8.81. The minimum Gasteiger partial charge on any atom is -0.444 e. The standard InChI is InChI=1S/C26H30ClN7O3/c1-26(2,3)37-25(36)29-21-13-6-9-18(21)34(11-13)24-30-22-19(23(35)33(24)5)15(10-28-22)14-7-8-17-16(20(14)27)12-32(4)31-17/h7-8,10,12-13,18,21,28H,6,9,11H2,1-5H3,(H,29,36)/t13-,18-,21-/m0/s1. The molecule has 0 unspecified atom stereocenters. The summed E-state index contributed by atoms with van der Waals surface area (Å²) in [4.78, 5) is 36.4. The summed E-state index contributed by atoms with van der Waals surface area (Å²) in [6, 6.07) is 3.79. The summed E-state index contributed by atoms with van der Waals surface area (Å²) >= 11 is 6.76. The Labute approximate surface area is 218 Å². The zero-order valence-corrected chi connectivity index (χ0v) is 22.3. The molecule has 3 aromatic heterocycles. The Bertz CT molecular complexity index is 1610. The number of aromatic nitrogens is 5. The highest BCUT2D eigenvalue weighted by molar-refractivity contribution is 6.38. The largest absolute Gasteiger partial charge is 0.444 e. The van der Waals surface area contributed by atoms with E-state index in [1.54, 1.807) is 22.5 Å². The van der Waals surface area contributed by atoms with Gasteiger partial charge < -0.3 is 19.9 Å². The van der Waals surface area contributed by atoms with E-state index in [1.165, 1.54) is 0 Å². The number of hydrogen-bond acceptors (Lipinski definition) is 6. The van der Waals surface area contributed by atoms with E-state index >= 15 is 0 Å². The molecular weight excluding hydrogens is 494 g/mol. The number of aromatic amines is 1. The summed E-state index contributed by atoms with van der Waals surface area (Å²) in [7, 11) is 3.59. The molecule has 2 bridgehead atoms. The van der Waals surface area contributed by atoms with Crippen LogP contribution in [-0.4, -0.2) is 54.6 Å². The van der Waals surface area contributed by atoms with Crippen molar-refractivity contribution in [3.05, 3.63) is 39.9 Å². The maximum Gasteiger partial charge on any atom is 0.407 e. The molecule has 1 saturated heterocycles. The number of nitrogens with one attached hydrogen (secondary N) is 2. The Morgan fingerprint density at radius 1 is 1.22 bits per heavy atom. The molecule has 10 nitrogen and oxygen atoms in total. The van der Waals surface area contributed by atoms with E-state index in [1.807, 2.05) is 46.1 Å². The Morgan fingerprint density at radius 3 is 2.76 bits per heavy atom. The number of piperidine rings is 1. The van der Waals surface area contributed by atoms with E-state index < -0.39 is 11.7 Å². The first-order chi connectivity index (χ1) is 17.5. The van der Waals surface area contributed by atoms with Crippen LogP contribution in [0.4, 0.5) is 10.7 Å². The van der Waals surface area contributed by atoms with Crippen molar-refractivity contribution in [1.29, 1.82) is 0 Å². The molecule has 1 aromatic carbocycles. The number of anilines is 1. The van der Waals surface area contributed by atoms with E-state index in [4.69, 9.17) is 21.3 Å². The number of ether oxygens (including phenoxy) is 1. The number of benzene rings is 1. The molecule has 4 heterocycles. The number of carbonyl (C=O) groups is 1. The van der Waals surface area contributed by atoms with Crippen molar-refractivity contribution >= 4 is 45.6 Å². The number of carbonyl (C=O) groups excluding carboxylic acids is 1. The molecule has 194 valence electrons. The molecule has 0 radical (unpaired) electrons. The van der Waals surface area contributed by atoms with Crippen LogP contribution in [0.1, 0.15) is 33.6 Å². The van der Waals surface area contributed by atoms with Gasteiger partial charge in [0, 0.05) is 49.5 Å². The van der Waals surface area contributed by atoms with E-state index in [0.717, 1.165) is 29.3 Å². The summed E-state index contributed by atoms with van der Waals surface area (Å²) in [5.74, 6) is 0.859. The van der Waals surface area contributed by atoms with E-state index in [-0.39, 0.29) is 23.6 Å². The van der Waals surface area contributed by atoms with Crippen molar-refractivity contribution in [2.75, 3.05) is 11.4 Å². The highest BCUT2D eigenvalue weighted by Crippen LogP contribution is 2.41. The van der Waals surface area contributed by atoms with Gasteiger partial charge in [-0.05, 0) is 45.6 Å². The molecule has 2 N–H and O–H groups in total. The third-order valence-electron chi connectivity index (χ3n) is 7.45. The number of halogens is 1. The molecule has 1 saturated carbocycles. The Morgan fingerprint density at radius 2 is 2.00 bits per heavy atom. The monoisotopic (exact) mass is 523 g/mol. The molecule has 3 atom stereocenters. The van der Waals surface area contributed by atoms with Crippen LogP contribution < -0.4 is 15.8 Å². The van der Waals surface area contributed by atoms with E-state index in [0.29, 0.717) is 34.1 Å². The molecule has 4 aromatic rings. The lowest BCUT2D eigenvalue weighted by Gasteiger charge is -2.30. The van der Waals surface area contributed by atoms with Crippen LogP contribution in [0.25, 0.3) is 33.1 Å². The van der Waals surface area contributed by atoms with Gasteiger partial charge in [-0.3, -0.25) is 14.0 Å². The highest BCUT2D eigenvalue weighted by atomic mass is 35.5. The fourth-order valence-corrected chi connectivity index (χ4v) is 6.21. The summed E-state index contributed by atoms with van der Waals surface area (Å²) in [5, 5.41) is 9.35. The van der Waals surface area contributed by atoms with Gasteiger partial charge in [0.25, 0.3) is 5.56 Å². The van der Waals surface area contributed by atoms with Gasteiger partial charge >= 0.3 is 6.09 Å². The van der Waals surface area contributed by atoms with Crippen LogP contribution in [0.2, 0.25) is 5.02 Å². The number of aryl methyl sites for hydroxylation is 1. The number of nitrogens with zero attached hydrogens (tertiary/aromatic N) is 5. The molecule has 1 aliphatic carbocycles. The molecule has 1 amide bonds. The van der Waals surface area contributed by atoms with Gasteiger partial charge in [0.1, 0.15) is 11.2 Å². The second kappa shape index (κ2) is 8.24. The van der Waals surface area contributed by atoms with Crippen LogP contribution >= 0.6 is 11.6 Å². The average Bonchev–Trinajstić information content (AvgIpc) is 3.58. The highest BCUT2D eigenvalue weighted by Gasteiger charge is 2.49. The first-order valence-electron chi connectivity index (χ1n) is 12.5. The zero-order valence-electron chi connectivity index (χ0n) is 21.5. The van der Waals surface area contributed by atoms with Gasteiger partial charge in [-0.1, -0.05) is 17.7 Å².